The van der Waals surface area contributed by atoms with Crippen LogP contribution in [-0.2, 0) is 22.6 Å². The van der Waals surface area contributed by atoms with Crippen molar-refractivity contribution in [2.75, 3.05) is 13.9 Å². The van der Waals surface area contributed by atoms with Crippen molar-refractivity contribution >= 4 is 5.97 Å². The van der Waals surface area contributed by atoms with Crippen molar-refractivity contribution in [3.8, 4) is 17.2 Å². The van der Waals surface area contributed by atoms with Crippen LogP contribution < -0.4 is 14.2 Å². The average Bonchev–Trinajstić information content (AvgIpc) is 3.26. The number of hydrogen-bond acceptors (Lipinski definition) is 5. The molecule has 1 aliphatic carbocycles. The van der Waals surface area contributed by atoms with E-state index in [-0.39, 0.29) is 31.1 Å². The summed E-state index contributed by atoms with van der Waals surface area (Å²) in [5.74, 6) is 1.27. The molecule has 6 heteroatoms. The molecule has 2 aromatic rings. The lowest BCUT2D eigenvalue weighted by atomic mass is 9.98. The minimum atomic E-state index is -0.382. The fourth-order valence-corrected chi connectivity index (χ4v) is 3.58. The number of fused-ring (bicyclic) bond motifs is 2. The molecule has 0 saturated carbocycles. The second-order valence-electron chi connectivity index (χ2n) is 6.46. The maximum absolute atomic E-state index is 13.7. The normalized spacial score (nSPS) is 17.1. The van der Waals surface area contributed by atoms with Crippen LogP contribution in [0, 0.1) is 5.82 Å². The standard InChI is InChI=1S/C20H19FO5/c1-23-19(22)8-13-3-2-12-7-16(4-5-17(12)13)24-10-14-6-15(21)9-18-20(14)26-11-25-18/h4-7,9,13H,2-3,8,10-11H2,1H3. The average molecular weight is 358 g/mol. The van der Waals surface area contributed by atoms with Gasteiger partial charge in [-0.15, -0.1) is 0 Å². The van der Waals surface area contributed by atoms with E-state index in [1.807, 2.05) is 18.2 Å². The Morgan fingerprint density at radius 2 is 2.15 bits per heavy atom. The predicted octanol–water partition coefficient (Wildman–Crippen LogP) is 3.73. The Bertz CT molecular complexity index is 848. The molecule has 0 radical (unpaired) electrons. The van der Waals surface area contributed by atoms with E-state index < -0.39 is 0 Å². The number of benzene rings is 2. The molecule has 1 atom stereocenters. The third kappa shape index (κ3) is 3.19. The lowest BCUT2D eigenvalue weighted by molar-refractivity contribution is -0.141. The number of rotatable bonds is 5. The van der Waals surface area contributed by atoms with E-state index in [4.69, 9.17) is 18.9 Å². The molecule has 1 unspecified atom stereocenters. The first-order chi connectivity index (χ1) is 12.6. The summed E-state index contributed by atoms with van der Waals surface area (Å²) in [7, 11) is 1.41. The van der Waals surface area contributed by atoms with E-state index in [0.717, 1.165) is 12.8 Å². The Balaban J connectivity index is 1.47. The molecule has 1 heterocycles. The van der Waals surface area contributed by atoms with Crippen LogP contribution in [0.2, 0.25) is 0 Å². The van der Waals surface area contributed by atoms with Crippen LogP contribution in [0.5, 0.6) is 17.2 Å². The summed E-state index contributed by atoms with van der Waals surface area (Å²) >= 11 is 0. The number of carbonyl (C=O) groups excluding carboxylic acids is 1. The van der Waals surface area contributed by atoms with Gasteiger partial charge in [-0.2, -0.15) is 0 Å². The van der Waals surface area contributed by atoms with Gasteiger partial charge >= 0.3 is 5.97 Å². The number of hydrogen-bond donors (Lipinski definition) is 0. The fourth-order valence-electron chi connectivity index (χ4n) is 3.58. The van der Waals surface area contributed by atoms with Crippen molar-refractivity contribution in [1.82, 2.24) is 0 Å². The summed E-state index contributed by atoms with van der Waals surface area (Å²) in [6.07, 6.45) is 2.23. The highest BCUT2D eigenvalue weighted by molar-refractivity contribution is 5.70. The van der Waals surface area contributed by atoms with E-state index >= 15 is 0 Å². The summed E-state index contributed by atoms with van der Waals surface area (Å²) in [5.41, 5.74) is 2.97. The van der Waals surface area contributed by atoms with Gasteiger partial charge in [-0.25, -0.2) is 4.39 Å². The van der Waals surface area contributed by atoms with E-state index in [0.29, 0.717) is 29.2 Å². The van der Waals surface area contributed by atoms with Crippen molar-refractivity contribution in [3.05, 3.63) is 52.8 Å². The van der Waals surface area contributed by atoms with Gasteiger partial charge in [0.1, 0.15) is 18.2 Å². The molecule has 0 amide bonds. The van der Waals surface area contributed by atoms with Gasteiger partial charge in [0.15, 0.2) is 11.5 Å². The molecule has 0 aromatic heterocycles. The highest BCUT2D eigenvalue weighted by Crippen LogP contribution is 2.39. The van der Waals surface area contributed by atoms with Gasteiger partial charge in [0.05, 0.1) is 13.5 Å². The molecule has 136 valence electrons. The number of methoxy groups -OCH3 is 1. The van der Waals surface area contributed by atoms with Crippen LogP contribution >= 0.6 is 0 Å². The first-order valence-electron chi connectivity index (χ1n) is 8.54. The molecular weight excluding hydrogens is 339 g/mol. The molecule has 2 aromatic carbocycles. The SMILES string of the molecule is COC(=O)CC1CCc2cc(OCc3cc(F)cc4c3OCO4)ccc21. The molecule has 0 saturated heterocycles. The first kappa shape index (κ1) is 16.7. The van der Waals surface area contributed by atoms with Gasteiger partial charge in [0, 0.05) is 11.6 Å². The Morgan fingerprint density at radius 1 is 1.27 bits per heavy atom. The number of esters is 1. The minimum Gasteiger partial charge on any atom is -0.489 e. The zero-order valence-electron chi connectivity index (χ0n) is 14.4. The zero-order chi connectivity index (χ0) is 18.1. The van der Waals surface area contributed by atoms with Crippen LogP contribution in [0.1, 0.15) is 35.4 Å². The maximum atomic E-state index is 13.7. The van der Waals surface area contributed by atoms with E-state index in [2.05, 4.69) is 0 Å². The Kier molecular flexibility index (Phi) is 4.41. The molecule has 4 rings (SSSR count). The molecule has 5 nitrogen and oxygen atoms in total. The second kappa shape index (κ2) is 6.86. The van der Waals surface area contributed by atoms with E-state index in [9.17, 15) is 9.18 Å². The predicted molar refractivity (Wildman–Crippen MR) is 91.0 cm³/mol. The van der Waals surface area contributed by atoms with Crippen LogP contribution in [0.25, 0.3) is 0 Å². The Hall–Kier alpha value is -2.76. The minimum absolute atomic E-state index is 0.0895. The fraction of sp³-hybridized carbons (Fsp3) is 0.350. The third-order valence-corrected chi connectivity index (χ3v) is 4.87. The van der Waals surface area contributed by atoms with Crippen molar-refractivity contribution in [2.24, 2.45) is 0 Å². The van der Waals surface area contributed by atoms with Gasteiger partial charge in [0.25, 0.3) is 0 Å². The smallest absolute Gasteiger partial charge is 0.306 e. The number of carbonyl (C=O) groups is 1. The van der Waals surface area contributed by atoms with Crippen LogP contribution in [0.15, 0.2) is 30.3 Å². The van der Waals surface area contributed by atoms with Gasteiger partial charge in [0.2, 0.25) is 6.79 Å². The van der Waals surface area contributed by atoms with Gasteiger partial charge in [-0.05, 0) is 48.1 Å². The van der Waals surface area contributed by atoms with Gasteiger partial charge in [-0.3, -0.25) is 4.79 Å². The monoisotopic (exact) mass is 358 g/mol. The highest BCUT2D eigenvalue weighted by Gasteiger charge is 2.25. The van der Waals surface area contributed by atoms with Crippen LogP contribution in [0.4, 0.5) is 4.39 Å². The van der Waals surface area contributed by atoms with Crippen molar-refractivity contribution in [1.29, 1.82) is 0 Å². The Labute approximate surface area is 150 Å². The number of halogens is 1. The van der Waals surface area contributed by atoms with Crippen molar-refractivity contribution in [2.45, 2.75) is 31.8 Å². The van der Waals surface area contributed by atoms with Crippen molar-refractivity contribution in [3.63, 3.8) is 0 Å². The van der Waals surface area contributed by atoms with Gasteiger partial charge < -0.3 is 18.9 Å². The van der Waals surface area contributed by atoms with Crippen LogP contribution in [-0.4, -0.2) is 19.9 Å². The summed E-state index contributed by atoms with van der Waals surface area (Å²) in [5, 5.41) is 0. The third-order valence-electron chi connectivity index (χ3n) is 4.87. The maximum Gasteiger partial charge on any atom is 0.306 e. The largest absolute Gasteiger partial charge is 0.489 e. The zero-order valence-corrected chi connectivity index (χ0v) is 14.4. The first-order valence-corrected chi connectivity index (χ1v) is 8.54. The molecular formula is C20H19FO5. The molecule has 1 aliphatic heterocycles. The number of ether oxygens (including phenoxy) is 4. The lowest BCUT2D eigenvalue weighted by Crippen LogP contribution is -2.06. The molecule has 2 aliphatic rings. The lowest BCUT2D eigenvalue weighted by Gasteiger charge is -2.12. The van der Waals surface area contributed by atoms with E-state index in [1.165, 1.54) is 30.4 Å². The highest BCUT2D eigenvalue weighted by atomic mass is 19.1. The quantitative estimate of drug-likeness (QED) is 0.763. The molecule has 0 spiro atoms. The van der Waals surface area contributed by atoms with Gasteiger partial charge in [-0.1, -0.05) is 6.07 Å². The van der Waals surface area contributed by atoms with Crippen molar-refractivity contribution < 1.29 is 28.1 Å². The van der Waals surface area contributed by atoms with E-state index in [1.54, 1.807) is 0 Å². The molecule has 0 fully saturated rings. The number of aryl methyl sites for hydroxylation is 1. The molecule has 0 N–H and O–H groups in total. The summed E-state index contributed by atoms with van der Waals surface area (Å²) in [6.45, 7) is 0.278. The van der Waals surface area contributed by atoms with Crippen LogP contribution in [0.3, 0.4) is 0 Å². The second-order valence-corrected chi connectivity index (χ2v) is 6.46. The summed E-state index contributed by atoms with van der Waals surface area (Å²) in [6, 6.07) is 8.58. The summed E-state index contributed by atoms with van der Waals surface area (Å²) in [4.78, 5) is 11.5. The topological polar surface area (TPSA) is 54.0 Å². The molecule has 0 bridgehead atoms. The Morgan fingerprint density at radius 3 is 3.00 bits per heavy atom. The summed E-state index contributed by atoms with van der Waals surface area (Å²) < 4.78 is 34.9. The molecule has 26 heavy (non-hydrogen) atoms.